The molecule has 0 saturated heterocycles. The molecule has 1 aromatic carbocycles. The molecule has 0 saturated carbocycles. The van der Waals surface area contributed by atoms with Crippen molar-refractivity contribution in [3.05, 3.63) is 40.3 Å². The van der Waals surface area contributed by atoms with Crippen molar-refractivity contribution >= 4 is 21.7 Å². The topological polar surface area (TPSA) is 136 Å². The van der Waals surface area contributed by atoms with Crippen molar-refractivity contribution in [2.75, 3.05) is 4.72 Å². The van der Waals surface area contributed by atoms with Gasteiger partial charge in [-0.25, -0.2) is 13.1 Å². The van der Waals surface area contributed by atoms with Gasteiger partial charge in [0, 0.05) is 6.07 Å². The van der Waals surface area contributed by atoms with Gasteiger partial charge in [0.1, 0.15) is 6.26 Å². The molecule has 1 heterocycles. The van der Waals surface area contributed by atoms with Crippen LogP contribution in [0.5, 0.6) is 5.75 Å². The Labute approximate surface area is 113 Å². The van der Waals surface area contributed by atoms with Crippen LogP contribution >= 0.6 is 0 Å². The normalized spacial score (nSPS) is 11.2. The third-order valence-electron chi connectivity index (χ3n) is 2.29. The van der Waals surface area contributed by atoms with Crippen molar-refractivity contribution in [1.82, 2.24) is 4.98 Å². The molecule has 106 valence electrons. The van der Waals surface area contributed by atoms with Gasteiger partial charge in [-0.05, 0) is 19.1 Å². The molecule has 2 aromatic rings. The zero-order chi connectivity index (χ0) is 14.9. The third kappa shape index (κ3) is 2.69. The second-order valence-corrected chi connectivity index (χ2v) is 5.49. The molecule has 0 aliphatic heterocycles. The first-order valence-corrected chi connectivity index (χ1v) is 6.70. The molecule has 0 radical (unpaired) electrons. The summed E-state index contributed by atoms with van der Waals surface area (Å²) in [6.45, 7) is 1.60. The number of nitrogens with zero attached hydrogens (tertiary/aromatic N) is 2. The Kier molecular flexibility index (Phi) is 3.32. The number of aromatic nitrogens is 1. The van der Waals surface area contributed by atoms with E-state index < -0.39 is 31.3 Å². The van der Waals surface area contributed by atoms with Crippen LogP contribution in [0.25, 0.3) is 0 Å². The zero-order valence-electron chi connectivity index (χ0n) is 10.1. The molecule has 0 aliphatic rings. The lowest BCUT2D eigenvalue weighted by atomic mass is 10.3. The molecule has 0 atom stereocenters. The Bertz CT molecular complexity index is 767. The first-order valence-electron chi connectivity index (χ1n) is 5.22. The van der Waals surface area contributed by atoms with Crippen LogP contribution in [0.3, 0.4) is 0 Å². The predicted octanol–water partition coefficient (Wildman–Crippen LogP) is 1.40. The molecular formula is C10H9N3O6S. The minimum atomic E-state index is -4.09. The van der Waals surface area contributed by atoms with E-state index in [-0.39, 0.29) is 6.01 Å². The number of phenolic OH excluding ortho intramolecular Hbond substituents is 1. The monoisotopic (exact) mass is 299 g/mol. The number of aromatic hydroxyl groups is 1. The van der Waals surface area contributed by atoms with E-state index in [2.05, 4.69) is 4.98 Å². The lowest BCUT2D eigenvalue weighted by Crippen LogP contribution is -2.13. The van der Waals surface area contributed by atoms with Crippen molar-refractivity contribution in [3.8, 4) is 5.75 Å². The zero-order valence-corrected chi connectivity index (χ0v) is 10.9. The summed E-state index contributed by atoms with van der Waals surface area (Å²) in [5, 5.41) is 19.9. The summed E-state index contributed by atoms with van der Waals surface area (Å²) < 4.78 is 30.8. The molecule has 0 aliphatic carbocycles. The Morgan fingerprint density at radius 1 is 1.45 bits per heavy atom. The van der Waals surface area contributed by atoms with Gasteiger partial charge in [-0.3, -0.25) is 10.1 Å². The van der Waals surface area contributed by atoms with Gasteiger partial charge in [0.05, 0.1) is 15.5 Å². The standard InChI is InChI=1S/C10H9N3O6S/c1-6-5-19-10(11-6)12-20(17,18)7-2-3-9(14)8(4-7)13(15)16/h2-5,14H,1H3,(H,11,12). The van der Waals surface area contributed by atoms with Gasteiger partial charge in [0.15, 0.2) is 5.75 Å². The highest BCUT2D eigenvalue weighted by Gasteiger charge is 2.22. The fraction of sp³-hybridized carbons (Fsp3) is 0.100. The van der Waals surface area contributed by atoms with Crippen molar-refractivity contribution in [1.29, 1.82) is 0 Å². The van der Waals surface area contributed by atoms with E-state index in [0.29, 0.717) is 5.69 Å². The lowest BCUT2D eigenvalue weighted by Gasteiger charge is -2.04. The van der Waals surface area contributed by atoms with E-state index >= 15 is 0 Å². The Morgan fingerprint density at radius 3 is 2.70 bits per heavy atom. The van der Waals surface area contributed by atoms with Crippen LogP contribution in [0.1, 0.15) is 5.69 Å². The van der Waals surface area contributed by atoms with E-state index in [1.54, 1.807) is 6.92 Å². The minimum Gasteiger partial charge on any atom is -0.502 e. The maximum atomic E-state index is 12.0. The second-order valence-electron chi connectivity index (χ2n) is 3.81. The number of oxazole rings is 1. The molecule has 10 heteroatoms. The fourth-order valence-electron chi connectivity index (χ4n) is 1.39. The maximum absolute atomic E-state index is 12.0. The number of hydrogen-bond donors (Lipinski definition) is 2. The van der Waals surface area contributed by atoms with Gasteiger partial charge in [0.2, 0.25) is 0 Å². The van der Waals surface area contributed by atoms with E-state index in [9.17, 15) is 23.6 Å². The van der Waals surface area contributed by atoms with Crippen LogP contribution < -0.4 is 4.72 Å². The van der Waals surface area contributed by atoms with Crippen LogP contribution in [0.4, 0.5) is 11.7 Å². The van der Waals surface area contributed by atoms with E-state index in [4.69, 9.17) is 4.42 Å². The second kappa shape index (κ2) is 4.81. The van der Waals surface area contributed by atoms with Crippen molar-refractivity contribution < 1.29 is 22.9 Å². The summed E-state index contributed by atoms with van der Waals surface area (Å²) >= 11 is 0. The molecule has 0 unspecified atom stereocenters. The highest BCUT2D eigenvalue weighted by molar-refractivity contribution is 7.92. The maximum Gasteiger partial charge on any atom is 0.312 e. The quantitative estimate of drug-likeness (QED) is 0.643. The first kappa shape index (κ1) is 13.8. The average molecular weight is 299 g/mol. The number of phenols is 1. The summed E-state index contributed by atoms with van der Waals surface area (Å²) in [7, 11) is -4.09. The summed E-state index contributed by atoms with van der Waals surface area (Å²) in [5.41, 5.74) is -0.240. The van der Waals surface area contributed by atoms with Crippen molar-refractivity contribution in [2.24, 2.45) is 0 Å². The molecule has 0 spiro atoms. The molecule has 2 rings (SSSR count). The fourth-order valence-corrected chi connectivity index (χ4v) is 2.35. The number of aryl methyl sites for hydroxylation is 1. The predicted molar refractivity (Wildman–Crippen MR) is 66.8 cm³/mol. The number of nitro groups is 1. The largest absolute Gasteiger partial charge is 0.502 e. The van der Waals surface area contributed by atoms with Gasteiger partial charge in [-0.15, -0.1) is 0 Å². The van der Waals surface area contributed by atoms with Crippen LogP contribution in [-0.4, -0.2) is 23.4 Å². The Hall–Kier alpha value is -2.62. The number of sulfonamides is 1. The van der Waals surface area contributed by atoms with E-state index in [1.807, 2.05) is 4.72 Å². The molecule has 0 bridgehead atoms. The highest BCUT2D eigenvalue weighted by Crippen LogP contribution is 2.28. The van der Waals surface area contributed by atoms with Gasteiger partial charge in [-0.2, -0.15) is 4.98 Å². The number of hydrogen-bond acceptors (Lipinski definition) is 7. The molecular weight excluding hydrogens is 290 g/mol. The van der Waals surface area contributed by atoms with Crippen LogP contribution in [0.15, 0.2) is 33.8 Å². The van der Waals surface area contributed by atoms with Gasteiger partial charge >= 0.3 is 11.7 Å². The van der Waals surface area contributed by atoms with Gasteiger partial charge < -0.3 is 9.52 Å². The van der Waals surface area contributed by atoms with Crippen LogP contribution in [0.2, 0.25) is 0 Å². The first-order chi connectivity index (χ1) is 9.29. The molecule has 2 N–H and O–H groups in total. The lowest BCUT2D eigenvalue weighted by molar-refractivity contribution is -0.386. The third-order valence-corrected chi connectivity index (χ3v) is 3.61. The highest BCUT2D eigenvalue weighted by atomic mass is 32.2. The van der Waals surface area contributed by atoms with E-state index in [1.165, 1.54) is 6.26 Å². The summed E-state index contributed by atoms with van der Waals surface area (Å²) in [5.74, 6) is -0.624. The minimum absolute atomic E-state index is 0.252. The van der Waals surface area contributed by atoms with E-state index in [0.717, 1.165) is 18.2 Å². The van der Waals surface area contributed by atoms with Crippen LogP contribution in [0, 0.1) is 17.0 Å². The Balaban J connectivity index is 2.39. The molecule has 9 nitrogen and oxygen atoms in total. The average Bonchev–Trinajstić information content (AvgIpc) is 2.73. The van der Waals surface area contributed by atoms with Crippen LogP contribution in [-0.2, 0) is 10.0 Å². The summed E-state index contributed by atoms with van der Waals surface area (Å²) in [4.78, 5) is 13.1. The number of benzene rings is 1. The molecule has 0 fully saturated rings. The van der Waals surface area contributed by atoms with Gasteiger partial charge in [0.25, 0.3) is 10.0 Å². The summed E-state index contributed by atoms with van der Waals surface area (Å²) in [6.07, 6.45) is 1.25. The van der Waals surface area contributed by atoms with Gasteiger partial charge in [-0.1, -0.05) is 0 Å². The summed E-state index contributed by atoms with van der Waals surface area (Å²) in [6, 6.07) is 2.44. The Morgan fingerprint density at radius 2 is 2.15 bits per heavy atom. The molecule has 0 amide bonds. The number of nitro benzene ring substituents is 1. The van der Waals surface area contributed by atoms with Crippen molar-refractivity contribution in [2.45, 2.75) is 11.8 Å². The van der Waals surface area contributed by atoms with Crippen molar-refractivity contribution in [3.63, 3.8) is 0 Å². The number of nitrogens with one attached hydrogen (secondary N) is 1. The SMILES string of the molecule is Cc1coc(NS(=O)(=O)c2ccc(O)c([N+](=O)[O-])c2)n1. The number of rotatable bonds is 4. The number of anilines is 1. The molecule has 1 aromatic heterocycles. The molecule has 20 heavy (non-hydrogen) atoms. The smallest absolute Gasteiger partial charge is 0.312 e.